The van der Waals surface area contributed by atoms with Gasteiger partial charge in [-0.05, 0) is 24.9 Å². The number of urea groups is 1. The van der Waals surface area contributed by atoms with E-state index in [0.717, 1.165) is 13.1 Å². The van der Waals surface area contributed by atoms with E-state index < -0.39 is 0 Å². The van der Waals surface area contributed by atoms with Gasteiger partial charge in [-0.25, -0.2) is 4.79 Å². The van der Waals surface area contributed by atoms with Crippen molar-refractivity contribution in [3.8, 4) is 0 Å². The third kappa shape index (κ3) is 2.89. The molecular weight excluding hydrogens is 238 g/mol. The molecule has 2 unspecified atom stereocenters. The number of likely N-dealkylation sites (N-methyl/N-ethyl adjacent to an activating group) is 1. The Bertz CT molecular complexity index is 460. The van der Waals surface area contributed by atoms with Gasteiger partial charge in [0, 0.05) is 20.1 Å². The molecule has 2 atom stereocenters. The predicted molar refractivity (Wildman–Crippen MR) is 76.9 cm³/mol. The maximum atomic E-state index is 12.2. The lowest BCUT2D eigenvalue weighted by atomic mass is 10.0. The van der Waals surface area contributed by atoms with Gasteiger partial charge in [0.1, 0.15) is 0 Å². The average Bonchev–Trinajstić information content (AvgIpc) is 2.67. The summed E-state index contributed by atoms with van der Waals surface area (Å²) in [4.78, 5) is 16.0. The molecule has 1 saturated heterocycles. The molecule has 1 fully saturated rings. The fraction of sp³-hybridized carbons (Fsp3) is 0.533. The van der Waals surface area contributed by atoms with Gasteiger partial charge in [-0.15, -0.1) is 0 Å². The molecule has 4 heteroatoms. The molecule has 1 aromatic carbocycles. The molecule has 1 aliphatic rings. The fourth-order valence-electron chi connectivity index (χ4n) is 2.58. The Morgan fingerprint density at radius 3 is 2.84 bits per heavy atom. The summed E-state index contributed by atoms with van der Waals surface area (Å²) in [6.07, 6.45) is 0. The second kappa shape index (κ2) is 5.61. The molecule has 1 heterocycles. The quantitative estimate of drug-likeness (QED) is 0.901. The zero-order valence-electron chi connectivity index (χ0n) is 12.0. The van der Waals surface area contributed by atoms with E-state index in [0.29, 0.717) is 12.5 Å². The molecule has 2 N–H and O–H groups in total. The van der Waals surface area contributed by atoms with Crippen molar-refractivity contribution in [1.29, 1.82) is 0 Å². The summed E-state index contributed by atoms with van der Waals surface area (Å²) in [5.74, 6) is 0.341. The highest BCUT2D eigenvalue weighted by molar-refractivity contribution is 5.77. The number of nitrogens with zero attached hydrogens (tertiary/aromatic N) is 2. The number of amides is 2. The van der Waals surface area contributed by atoms with Crippen molar-refractivity contribution in [3.05, 3.63) is 35.4 Å². The monoisotopic (exact) mass is 261 g/mol. The van der Waals surface area contributed by atoms with Crippen LogP contribution in [0.25, 0.3) is 0 Å². The van der Waals surface area contributed by atoms with Crippen LogP contribution in [0.15, 0.2) is 24.3 Å². The number of nitrogens with two attached hydrogens (primary N) is 1. The molecule has 0 aliphatic carbocycles. The zero-order chi connectivity index (χ0) is 14.0. The highest BCUT2D eigenvalue weighted by Crippen LogP contribution is 2.28. The van der Waals surface area contributed by atoms with E-state index in [1.54, 1.807) is 0 Å². The first-order valence-electron chi connectivity index (χ1n) is 6.81. The smallest absolute Gasteiger partial charge is 0.320 e. The minimum atomic E-state index is 0.104. The Labute approximate surface area is 115 Å². The normalized spacial score (nSPS) is 21.1. The lowest BCUT2D eigenvalue weighted by Crippen LogP contribution is -2.34. The van der Waals surface area contributed by atoms with Crippen molar-refractivity contribution in [2.24, 2.45) is 11.7 Å². The highest BCUT2D eigenvalue weighted by atomic mass is 16.2. The lowest BCUT2D eigenvalue weighted by Gasteiger charge is -2.19. The molecule has 2 rings (SSSR count). The number of carbonyl (C=O) groups is 1. The third-order valence-electron chi connectivity index (χ3n) is 3.79. The van der Waals surface area contributed by atoms with Gasteiger partial charge in [0.2, 0.25) is 0 Å². The second-order valence-electron chi connectivity index (χ2n) is 5.57. The Balaban J connectivity index is 2.14. The summed E-state index contributed by atoms with van der Waals surface area (Å²) in [6, 6.07) is 8.63. The second-order valence-corrected chi connectivity index (χ2v) is 5.57. The Morgan fingerprint density at radius 1 is 1.47 bits per heavy atom. The van der Waals surface area contributed by atoms with Crippen LogP contribution in [0.3, 0.4) is 0 Å². The van der Waals surface area contributed by atoms with E-state index in [1.165, 1.54) is 11.1 Å². The van der Waals surface area contributed by atoms with Crippen LogP contribution >= 0.6 is 0 Å². The summed E-state index contributed by atoms with van der Waals surface area (Å²) in [7, 11) is 1.88. The van der Waals surface area contributed by atoms with Gasteiger partial charge in [-0.1, -0.05) is 36.8 Å². The van der Waals surface area contributed by atoms with Gasteiger partial charge in [-0.3, -0.25) is 0 Å². The molecule has 19 heavy (non-hydrogen) atoms. The Hall–Kier alpha value is -1.55. The molecule has 1 aliphatic heterocycles. The molecule has 0 spiro atoms. The minimum Gasteiger partial charge on any atom is -0.330 e. The van der Waals surface area contributed by atoms with Crippen LogP contribution in [0.5, 0.6) is 0 Å². The largest absolute Gasteiger partial charge is 0.330 e. The van der Waals surface area contributed by atoms with Crippen LogP contribution in [-0.4, -0.2) is 42.5 Å². The molecule has 1 aromatic rings. The number of carbonyl (C=O) groups excluding carboxylic acids is 1. The van der Waals surface area contributed by atoms with Crippen molar-refractivity contribution in [2.45, 2.75) is 19.9 Å². The first-order chi connectivity index (χ1) is 9.02. The molecule has 0 bridgehead atoms. The summed E-state index contributed by atoms with van der Waals surface area (Å²) >= 11 is 0. The zero-order valence-corrected chi connectivity index (χ0v) is 12.0. The van der Waals surface area contributed by atoms with Gasteiger partial charge in [0.15, 0.2) is 0 Å². The predicted octanol–water partition coefficient (Wildman–Crippen LogP) is 2.00. The van der Waals surface area contributed by atoms with E-state index in [4.69, 9.17) is 5.73 Å². The number of rotatable bonds is 4. The van der Waals surface area contributed by atoms with Crippen molar-refractivity contribution in [2.75, 3.05) is 26.7 Å². The van der Waals surface area contributed by atoms with Crippen molar-refractivity contribution >= 4 is 6.03 Å². The van der Waals surface area contributed by atoms with Crippen molar-refractivity contribution < 1.29 is 4.79 Å². The van der Waals surface area contributed by atoms with Crippen molar-refractivity contribution in [1.82, 2.24) is 9.80 Å². The maximum Gasteiger partial charge on any atom is 0.320 e. The van der Waals surface area contributed by atoms with Crippen LogP contribution in [0.4, 0.5) is 4.79 Å². The van der Waals surface area contributed by atoms with E-state index in [2.05, 4.69) is 32.0 Å². The van der Waals surface area contributed by atoms with Crippen LogP contribution < -0.4 is 5.73 Å². The topological polar surface area (TPSA) is 49.6 Å². The molecule has 4 nitrogen and oxygen atoms in total. The van der Waals surface area contributed by atoms with E-state index in [9.17, 15) is 4.79 Å². The van der Waals surface area contributed by atoms with Crippen LogP contribution in [0, 0.1) is 12.8 Å². The summed E-state index contributed by atoms with van der Waals surface area (Å²) in [6.45, 7) is 6.26. The third-order valence-corrected chi connectivity index (χ3v) is 3.79. The molecule has 0 aromatic heterocycles. The first kappa shape index (κ1) is 13.9. The van der Waals surface area contributed by atoms with Gasteiger partial charge >= 0.3 is 6.03 Å². The number of benzene rings is 1. The van der Waals surface area contributed by atoms with Gasteiger partial charge in [0.05, 0.1) is 6.04 Å². The van der Waals surface area contributed by atoms with E-state index in [1.807, 2.05) is 22.9 Å². The van der Waals surface area contributed by atoms with E-state index >= 15 is 0 Å². The molecule has 104 valence electrons. The highest BCUT2D eigenvalue weighted by Gasteiger charge is 2.35. The molecular formula is C15H23N3O. The maximum absolute atomic E-state index is 12.2. The van der Waals surface area contributed by atoms with Crippen molar-refractivity contribution in [3.63, 3.8) is 0 Å². The fourth-order valence-corrected chi connectivity index (χ4v) is 2.58. The number of aryl methyl sites for hydroxylation is 1. The van der Waals surface area contributed by atoms with E-state index in [-0.39, 0.29) is 12.1 Å². The summed E-state index contributed by atoms with van der Waals surface area (Å²) < 4.78 is 0. The summed E-state index contributed by atoms with van der Waals surface area (Å²) in [5.41, 5.74) is 8.08. The molecule has 0 radical (unpaired) electrons. The first-order valence-corrected chi connectivity index (χ1v) is 6.81. The molecule has 0 saturated carbocycles. The van der Waals surface area contributed by atoms with Gasteiger partial charge < -0.3 is 15.5 Å². The SMILES string of the molecule is Cc1cccc(C2CN(CC(C)CN)C(=O)N2C)c1. The standard InChI is InChI=1S/C15H23N3O/c1-11-5-4-6-13(7-11)14-10-18(9-12(2)8-16)15(19)17(14)3/h4-7,12,14H,8-10,16H2,1-3H3. The van der Waals surface area contributed by atoms with Crippen LogP contribution in [0.2, 0.25) is 0 Å². The summed E-state index contributed by atoms with van der Waals surface area (Å²) in [5, 5.41) is 0. The minimum absolute atomic E-state index is 0.104. The Kier molecular flexibility index (Phi) is 4.10. The molecule has 2 amide bonds. The average molecular weight is 261 g/mol. The van der Waals surface area contributed by atoms with Crippen LogP contribution in [0.1, 0.15) is 24.1 Å². The number of hydrogen-bond donors (Lipinski definition) is 1. The van der Waals surface area contributed by atoms with Gasteiger partial charge in [0.25, 0.3) is 0 Å². The Morgan fingerprint density at radius 2 is 2.21 bits per heavy atom. The van der Waals surface area contributed by atoms with Crippen LogP contribution in [-0.2, 0) is 0 Å². The number of hydrogen-bond acceptors (Lipinski definition) is 2. The lowest BCUT2D eigenvalue weighted by molar-refractivity contribution is 0.191. The van der Waals surface area contributed by atoms with Gasteiger partial charge in [-0.2, -0.15) is 0 Å².